The molecular weight excluding hydrogens is 322 g/mol. The lowest BCUT2D eigenvalue weighted by Crippen LogP contribution is -2.23. The minimum absolute atomic E-state index is 0.131. The summed E-state index contributed by atoms with van der Waals surface area (Å²) in [4.78, 5) is 9.39. The van der Waals surface area contributed by atoms with E-state index in [1.807, 2.05) is 6.92 Å². The van der Waals surface area contributed by atoms with Crippen LogP contribution in [0.3, 0.4) is 0 Å². The molecule has 0 amide bonds. The van der Waals surface area contributed by atoms with E-state index in [4.69, 9.17) is 5.14 Å². The van der Waals surface area contributed by atoms with Crippen molar-refractivity contribution in [3.8, 4) is 0 Å². The monoisotopic (exact) mass is 335 g/mol. The fourth-order valence-corrected chi connectivity index (χ4v) is 5.54. The molecule has 0 bridgehead atoms. The number of hydrogen-bond acceptors (Lipinski definition) is 7. The maximum absolute atomic E-state index is 12.2. The highest BCUT2D eigenvalue weighted by molar-refractivity contribution is 7.94. The third kappa shape index (κ3) is 2.97. The Morgan fingerprint density at radius 3 is 2.40 bits per heavy atom. The van der Waals surface area contributed by atoms with E-state index >= 15 is 0 Å². The predicted molar refractivity (Wildman–Crippen MR) is 76.9 cm³/mol. The van der Waals surface area contributed by atoms with Gasteiger partial charge in [-0.2, -0.15) is 0 Å². The minimum atomic E-state index is -3.84. The van der Waals surface area contributed by atoms with Crippen LogP contribution in [-0.2, 0) is 19.9 Å². The highest BCUT2D eigenvalue weighted by atomic mass is 32.2. The normalized spacial score (nSPS) is 12.9. The van der Waals surface area contributed by atoms with Crippen LogP contribution in [0.2, 0.25) is 0 Å². The van der Waals surface area contributed by atoms with Gasteiger partial charge in [-0.25, -0.2) is 31.9 Å². The van der Waals surface area contributed by atoms with Gasteiger partial charge < -0.3 is 0 Å². The quantitative estimate of drug-likeness (QED) is 0.806. The van der Waals surface area contributed by atoms with Gasteiger partial charge in [0.2, 0.25) is 10.0 Å². The summed E-state index contributed by atoms with van der Waals surface area (Å²) in [5, 5.41) is 5.18. The van der Waals surface area contributed by atoms with Gasteiger partial charge in [0, 0.05) is 4.88 Å². The van der Waals surface area contributed by atoms with Crippen LogP contribution in [0.5, 0.6) is 0 Å². The first-order chi connectivity index (χ1) is 9.12. The van der Waals surface area contributed by atoms with Crippen LogP contribution in [0.1, 0.15) is 10.4 Å². The maximum atomic E-state index is 12.2. The molecule has 2 N–H and O–H groups in total. The Labute approximate surface area is 120 Å². The summed E-state index contributed by atoms with van der Waals surface area (Å²) in [6.07, 6.45) is 1.17. The molecule has 0 aliphatic rings. The average molecular weight is 335 g/mol. The standard InChI is InChI=1S/C10H13N3O4S3/c1-6-7(2)18-9-8(6)10(13-5-12-9)19(14,15)3-4-20(11,16)17/h5H,3-4H2,1-2H3,(H2,11,16,17). The molecule has 10 heteroatoms. The molecule has 2 aromatic heterocycles. The Hall–Kier alpha value is -1.10. The van der Waals surface area contributed by atoms with Crippen molar-refractivity contribution in [1.82, 2.24) is 9.97 Å². The number of hydrogen-bond donors (Lipinski definition) is 1. The van der Waals surface area contributed by atoms with Gasteiger partial charge in [-0.1, -0.05) is 0 Å². The Bertz CT molecular complexity index is 869. The number of rotatable bonds is 4. The van der Waals surface area contributed by atoms with Crippen LogP contribution in [-0.4, -0.2) is 38.3 Å². The van der Waals surface area contributed by atoms with Crippen molar-refractivity contribution in [3.63, 3.8) is 0 Å². The third-order valence-electron chi connectivity index (χ3n) is 2.86. The zero-order valence-electron chi connectivity index (χ0n) is 10.8. The summed E-state index contributed by atoms with van der Waals surface area (Å²) in [6.45, 7) is 3.65. The van der Waals surface area contributed by atoms with Gasteiger partial charge in [0.15, 0.2) is 14.9 Å². The molecule has 0 saturated carbocycles. The van der Waals surface area contributed by atoms with Crippen molar-refractivity contribution in [1.29, 1.82) is 0 Å². The third-order valence-corrected chi connectivity index (χ3v) is 6.65. The Kier molecular flexibility index (Phi) is 3.84. The van der Waals surface area contributed by atoms with Gasteiger partial charge in [0.1, 0.15) is 11.2 Å². The molecule has 0 atom stereocenters. The van der Waals surface area contributed by atoms with Crippen LogP contribution >= 0.6 is 11.3 Å². The van der Waals surface area contributed by atoms with Gasteiger partial charge in [0.05, 0.1) is 16.9 Å². The van der Waals surface area contributed by atoms with Crippen LogP contribution in [0.25, 0.3) is 10.2 Å². The molecule has 0 unspecified atom stereocenters. The van der Waals surface area contributed by atoms with E-state index in [0.717, 1.165) is 10.4 Å². The van der Waals surface area contributed by atoms with Gasteiger partial charge in [0.25, 0.3) is 0 Å². The molecule has 2 aromatic rings. The van der Waals surface area contributed by atoms with Crippen molar-refractivity contribution in [2.24, 2.45) is 5.14 Å². The number of primary sulfonamides is 1. The highest BCUT2D eigenvalue weighted by Crippen LogP contribution is 2.32. The summed E-state index contributed by atoms with van der Waals surface area (Å²) in [5.74, 6) is -1.23. The molecule has 0 spiro atoms. The number of sulfone groups is 1. The molecule has 0 aliphatic carbocycles. The molecule has 0 aromatic carbocycles. The number of nitrogens with two attached hydrogens (primary N) is 1. The van der Waals surface area contributed by atoms with E-state index in [0.29, 0.717) is 10.2 Å². The van der Waals surface area contributed by atoms with E-state index in [9.17, 15) is 16.8 Å². The number of aromatic nitrogens is 2. The first-order valence-corrected chi connectivity index (χ1v) is 9.74. The van der Waals surface area contributed by atoms with Crippen LogP contribution < -0.4 is 5.14 Å². The lowest BCUT2D eigenvalue weighted by molar-refractivity contribution is 0.587. The maximum Gasteiger partial charge on any atom is 0.210 e. The lowest BCUT2D eigenvalue weighted by atomic mass is 10.2. The van der Waals surface area contributed by atoms with E-state index < -0.39 is 31.4 Å². The zero-order chi connectivity index (χ0) is 15.1. The molecule has 0 aliphatic heterocycles. The number of nitrogens with zero attached hydrogens (tertiary/aromatic N) is 2. The molecular formula is C10H13N3O4S3. The van der Waals surface area contributed by atoms with Crippen molar-refractivity contribution in [3.05, 3.63) is 16.8 Å². The molecule has 20 heavy (non-hydrogen) atoms. The van der Waals surface area contributed by atoms with Gasteiger partial charge in [-0.3, -0.25) is 0 Å². The topological polar surface area (TPSA) is 120 Å². The Morgan fingerprint density at radius 2 is 1.80 bits per heavy atom. The lowest BCUT2D eigenvalue weighted by Gasteiger charge is -2.04. The fraction of sp³-hybridized carbons (Fsp3) is 0.400. The van der Waals surface area contributed by atoms with E-state index in [1.165, 1.54) is 17.7 Å². The van der Waals surface area contributed by atoms with E-state index in [-0.39, 0.29) is 5.03 Å². The Balaban J connectivity index is 2.57. The zero-order valence-corrected chi connectivity index (χ0v) is 13.3. The second-order valence-corrected chi connectivity index (χ2v) is 9.29. The molecule has 0 saturated heterocycles. The summed E-state index contributed by atoms with van der Waals surface area (Å²) >= 11 is 1.37. The number of fused-ring (bicyclic) bond motifs is 1. The number of sulfonamides is 1. The molecule has 2 rings (SSSR count). The van der Waals surface area contributed by atoms with Crippen molar-refractivity contribution in [2.45, 2.75) is 18.9 Å². The molecule has 2 heterocycles. The molecule has 7 nitrogen and oxygen atoms in total. The van der Waals surface area contributed by atoms with Gasteiger partial charge in [-0.05, 0) is 19.4 Å². The SMILES string of the molecule is Cc1sc2ncnc(S(=O)(=O)CCS(N)(=O)=O)c2c1C. The second kappa shape index (κ2) is 5.02. The van der Waals surface area contributed by atoms with E-state index in [1.54, 1.807) is 6.92 Å². The van der Waals surface area contributed by atoms with Crippen molar-refractivity contribution >= 4 is 41.4 Å². The van der Waals surface area contributed by atoms with Crippen LogP contribution in [0.4, 0.5) is 0 Å². The fourth-order valence-electron chi connectivity index (χ4n) is 1.71. The highest BCUT2D eigenvalue weighted by Gasteiger charge is 2.24. The van der Waals surface area contributed by atoms with Gasteiger partial charge in [-0.15, -0.1) is 11.3 Å². The second-order valence-electron chi connectivity index (χ2n) is 4.33. The largest absolute Gasteiger partial charge is 0.229 e. The summed E-state index contributed by atoms with van der Waals surface area (Å²) in [6, 6.07) is 0. The van der Waals surface area contributed by atoms with Crippen LogP contribution in [0, 0.1) is 13.8 Å². The predicted octanol–water partition coefficient (Wildman–Crippen LogP) is 0.370. The van der Waals surface area contributed by atoms with Crippen molar-refractivity contribution < 1.29 is 16.8 Å². The van der Waals surface area contributed by atoms with Crippen LogP contribution in [0.15, 0.2) is 11.4 Å². The van der Waals surface area contributed by atoms with E-state index in [2.05, 4.69) is 9.97 Å². The number of aryl methyl sites for hydroxylation is 2. The van der Waals surface area contributed by atoms with Crippen molar-refractivity contribution in [2.75, 3.05) is 11.5 Å². The molecule has 110 valence electrons. The average Bonchev–Trinajstić information content (AvgIpc) is 2.62. The summed E-state index contributed by atoms with van der Waals surface area (Å²) in [7, 11) is -7.68. The smallest absolute Gasteiger partial charge is 0.210 e. The number of thiophene rings is 1. The van der Waals surface area contributed by atoms with Gasteiger partial charge >= 0.3 is 0 Å². The summed E-state index contributed by atoms with van der Waals surface area (Å²) in [5.41, 5.74) is 0.791. The first-order valence-electron chi connectivity index (χ1n) is 5.56. The minimum Gasteiger partial charge on any atom is -0.229 e. The molecule has 0 fully saturated rings. The Morgan fingerprint density at radius 1 is 1.15 bits per heavy atom. The summed E-state index contributed by atoms with van der Waals surface area (Å²) < 4.78 is 46.4. The first kappa shape index (κ1) is 15.3. The molecule has 0 radical (unpaired) electrons.